The Kier molecular flexibility index (Phi) is 6.05. The van der Waals surface area contributed by atoms with E-state index < -0.39 is 11.7 Å². The Morgan fingerprint density at radius 1 is 1.00 bits per heavy atom. The van der Waals surface area contributed by atoms with Crippen LogP contribution in [-0.2, 0) is 0 Å². The molecule has 22 heavy (non-hydrogen) atoms. The number of benzene rings is 1. The second kappa shape index (κ2) is 8.02. The zero-order valence-corrected chi connectivity index (χ0v) is 12.8. The summed E-state index contributed by atoms with van der Waals surface area (Å²) >= 11 is 0. The van der Waals surface area contributed by atoms with E-state index >= 15 is 0 Å². The molecule has 1 saturated carbocycles. The molecule has 1 fully saturated rings. The lowest BCUT2D eigenvalue weighted by molar-refractivity contribution is 0.443. The first kappa shape index (κ1) is 16.6. The molecule has 0 amide bonds. The summed E-state index contributed by atoms with van der Waals surface area (Å²) in [6.07, 6.45) is 8.63. The third kappa shape index (κ3) is 4.12. The monoisotopic (exact) mass is 306 g/mol. The molecule has 0 N–H and O–H groups in total. The summed E-state index contributed by atoms with van der Waals surface area (Å²) in [5, 5.41) is 0. The summed E-state index contributed by atoms with van der Waals surface area (Å²) in [5.74, 6) is -2.08. The van der Waals surface area contributed by atoms with Crippen LogP contribution in [0.1, 0.15) is 56.1 Å². The van der Waals surface area contributed by atoms with E-state index in [1.165, 1.54) is 37.7 Å². The maximum atomic E-state index is 13.4. The molecule has 0 aliphatic heterocycles. The molecule has 2 rings (SSSR count). The summed E-state index contributed by atoms with van der Waals surface area (Å²) in [7, 11) is 0. The molecule has 1 aliphatic carbocycles. The maximum Gasteiger partial charge on any atom is 0.186 e. The van der Waals surface area contributed by atoms with Gasteiger partial charge in [-0.25, -0.2) is 13.2 Å². The Morgan fingerprint density at radius 3 is 2.18 bits per heavy atom. The lowest BCUT2D eigenvalue weighted by Gasteiger charge is -2.22. The molecule has 0 heterocycles. The van der Waals surface area contributed by atoms with E-state index in [4.69, 9.17) is 0 Å². The molecule has 1 aliphatic rings. The maximum absolute atomic E-state index is 13.4. The van der Waals surface area contributed by atoms with Gasteiger partial charge in [0.2, 0.25) is 0 Å². The Morgan fingerprint density at radius 2 is 1.64 bits per heavy atom. The van der Waals surface area contributed by atoms with E-state index in [2.05, 4.69) is 12.1 Å². The van der Waals surface area contributed by atoms with Gasteiger partial charge in [-0.2, -0.15) is 0 Å². The molecule has 3 heteroatoms. The fourth-order valence-corrected chi connectivity index (χ4v) is 2.97. The van der Waals surface area contributed by atoms with Crippen LogP contribution in [0.3, 0.4) is 0 Å². The normalized spacial score (nSPS) is 18.6. The first-order valence-corrected chi connectivity index (χ1v) is 7.75. The first-order valence-electron chi connectivity index (χ1n) is 7.75. The van der Waals surface area contributed by atoms with Crippen LogP contribution < -0.4 is 0 Å². The van der Waals surface area contributed by atoms with E-state index in [9.17, 15) is 13.2 Å². The van der Waals surface area contributed by atoms with Crippen LogP contribution in [0.5, 0.6) is 0 Å². The molecule has 0 radical (unpaired) electrons. The smallest absolute Gasteiger partial charge is 0.186 e. The summed E-state index contributed by atoms with van der Waals surface area (Å²) in [4.78, 5) is 0. The van der Waals surface area contributed by atoms with Gasteiger partial charge >= 0.3 is 0 Å². The second-order valence-corrected chi connectivity index (χ2v) is 5.65. The zero-order valence-electron chi connectivity index (χ0n) is 12.8. The molecule has 0 spiro atoms. The fraction of sp³-hybridized carbons (Fsp3) is 0.368. The third-order valence-electron chi connectivity index (χ3n) is 4.24. The van der Waals surface area contributed by atoms with Crippen molar-refractivity contribution < 1.29 is 13.2 Å². The van der Waals surface area contributed by atoms with Crippen LogP contribution >= 0.6 is 0 Å². The van der Waals surface area contributed by atoms with Gasteiger partial charge in [0.25, 0.3) is 0 Å². The average Bonchev–Trinajstić information content (AvgIpc) is 2.59. The number of halogens is 3. The van der Waals surface area contributed by atoms with Crippen molar-refractivity contribution in [3.63, 3.8) is 0 Å². The lowest BCUT2D eigenvalue weighted by atomic mass is 9.83. The van der Waals surface area contributed by atoms with E-state index in [1.54, 1.807) is 13.0 Å². The van der Waals surface area contributed by atoms with Crippen LogP contribution in [0, 0.1) is 0 Å². The standard InChI is InChI=1S/C19H21F3/c1-2-14(12-18(21)19(22)13-20)16-8-10-17(11-9-16)15-6-4-3-5-7-15/h2,8-13,15H,3-7H2,1H3/b14-2+,18-12+,19-13-. The summed E-state index contributed by atoms with van der Waals surface area (Å²) in [6.45, 7) is 1.74. The van der Waals surface area contributed by atoms with E-state index in [-0.39, 0.29) is 6.33 Å². The molecule has 1 aromatic carbocycles. The van der Waals surface area contributed by atoms with E-state index in [0.29, 0.717) is 11.5 Å². The van der Waals surface area contributed by atoms with Gasteiger partial charge in [-0.05, 0) is 48.5 Å². The van der Waals surface area contributed by atoms with Gasteiger partial charge in [-0.15, -0.1) is 0 Å². The van der Waals surface area contributed by atoms with Crippen LogP contribution in [0.25, 0.3) is 5.57 Å². The van der Waals surface area contributed by atoms with Crippen LogP contribution in [-0.4, -0.2) is 0 Å². The number of allylic oxidation sites excluding steroid dienone is 5. The zero-order chi connectivity index (χ0) is 15.9. The first-order chi connectivity index (χ1) is 10.7. The molecule has 0 unspecified atom stereocenters. The Balaban J connectivity index is 2.17. The molecule has 1 aromatic rings. The van der Waals surface area contributed by atoms with E-state index in [1.807, 2.05) is 12.1 Å². The SMILES string of the molecule is C\C=C(/C=C(F)\C(F)=C\F)c1ccc(C2CCCCC2)cc1. The van der Waals surface area contributed by atoms with Gasteiger partial charge in [0, 0.05) is 0 Å². The number of hydrogen-bond acceptors (Lipinski definition) is 0. The highest BCUT2D eigenvalue weighted by Gasteiger charge is 2.15. The van der Waals surface area contributed by atoms with Crippen molar-refractivity contribution in [1.82, 2.24) is 0 Å². The minimum Gasteiger partial charge on any atom is -0.212 e. The van der Waals surface area contributed by atoms with Crippen molar-refractivity contribution >= 4 is 5.57 Å². The molecular weight excluding hydrogens is 285 g/mol. The highest BCUT2D eigenvalue weighted by Crippen LogP contribution is 2.33. The van der Waals surface area contributed by atoms with Crippen LogP contribution in [0.4, 0.5) is 13.2 Å². The third-order valence-corrected chi connectivity index (χ3v) is 4.24. The molecular formula is C19H21F3. The van der Waals surface area contributed by atoms with Crippen molar-refractivity contribution in [1.29, 1.82) is 0 Å². The molecule has 0 atom stereocenters. The fourth-order valence-electron chi connectivity index (χ4n) is 2.97. The Bertz CT molecular complexity index is 573. The largest absolute Gasteiger partial charge is 0.212 e. The molecule has 0 nitrogen and oxygen atoms in total. The second-order valence-electron chi connectivity index (χ2n) is 5.65. The topological polar surface area (TPSA) is 0 Å². The van der Waals surface area contributed by atoms with Gasteiger partial charge in [0.05, 0.1) is 0 Å². The molecule has 0 bridgehead atoms. The van der Waals surface area contributed by atoms with Crippen molar-refractivity contribution in [2.24, 2.45) is 0 Å². The van der Waals surface area contributed by atoms with Crippen molar-refractivity contribution in [2.75, 3.05) is 0 Å². The highest BCUT2D eigenvalue weighted by atomic mass is 19.2. The number of hydrogen-bond donors (Lipinski definition) is 0. The van der Waals surface area contributed by atoms with Crippen LogP contribution in [0.2, 0.25) is 0 Å². The Hall–Kier alpha value is -1.77. The van der Waals surface area contributed by atoms with Gasteiger partial charge in [-0.1, -0.05) is 49.6 Å². The minimum absolute atomic E-state index is 0.370. The Labute approximate surface area is 130 Å². The lowest BCUT2D eigenvalue weighted by Crippen LogP contribution is -2.04. The van der Waals surface area contributed by atoms with Crippen molar-refractivity contribution in [3.05, 3.63) is 65.5 Å². The van der Waals surface area contributed by atoms with Crippen molar-refractivity contribution in [2.45, 2.75) is 44.9 Å². The summed E-state index contributed by atoms with van der Waals surface area (Å²) in [5.41, 5.74) is 2.63. The molecule has 0 aromatic heterocycles. The van der Waals surface area contributed by atoms with Crippen molar-refractivity contribution in [3.8, 4) is 0 Å². The van der Waals surface area contributed by atoms with E-state index in [0.717, 1.165) is 11.6 Å². The molecule has 118 valence electrons. The average molecular weight is 306 g/mol. The van der Waals surface area contributed by atoms with Crippen LogP contribution in [0.15, 0.2) is 54.4 Å². The quantitative estimate of drug-likeness (QED) is 0.538. The predicted octanol–water partition coefficient (Wildman–Crippen LogP) is 6.77. The number of rotatable bonds is 4. The highest BCUT2D eigenvalue weighted by molar-refractivity contribution is 5.74. The van der Waals surface area contributed by atoms with Gasteiger partial charge in [-0.3, -0.25) is 0 Å². The minimum atomic E-state index is -1.49. The van der Waals surface area contributed by atoms with Gasteiger partial charge in [0.15, 0.2) is 11.7 Å². The van der Waals surface area contributed by atoms with Gasteiger partial charge in [0.1, 0.15) is 6.33 Å². The summed E-state index contributed by atoms with van der Waals surface area (Å²) < 4.78 is 38.3. The summed E-state index contributed by atoms with van der Waals surface area (Å²) in [6, 6.07) is 7.95. The van der Waals surface area contributed by atoms with Gasteiger partial charge < -0.3 is 0 Å². The molecule has 0 saturated heterocycles. The predicted molar refractivity (Wildman–Crippen MR) is 85.4 cm³/mol.